The minimum atomic E-state index is 0.0520. The first-order valence-corrected chi connectivity index (χ1v) is 9.22. The normalized spacial score (nSPS) is 20.6. The van der Waals surface area contributed by atoms with Gasteiger partial charge in [0.15, 0.2) is 0 Å². The maximum atomic E-state index is 12.7. The summed E-state index contributed by atoms with van der Waals surface area (Å²) in [5.41, 5.74) is 2.12. The van der Waals surface area contributed by atoms with Gasteiger partial charge in [-0.05, 0) is 37.1 Å². The van der Waals surface area contributed by atoms with Gasteiger partial charge < -0.3 is 19.3 Å². The van der Waals surface area contributed by atoms with Crippen LogP contribution in [-0.4, -0.2) is 62.3 Å². The van der Waals surface area contributed by atoms with Crippen LogP contribution in [0.3, 0.4) is 0 Å². The first kappa shape index (κ1) is 17.1. The molecule has 2 aliphatic heterocycles. The molecule has 0 radical (unpaired) electrons. The number of carbonyl (C=O) groups is 1. The molecular weight excluding hydrogens is 330 g/mol. The quantitative estimate of drug-likeness (QED) is 0.845. The lowest BCUT2D eigenvalue weighted by Gasteiger charge is -2.29. The summed E-state index contributed by atoms with van der Waals surface area (Å²) in [6.07, 6.45) is 0.882. The second kappa shape index (κ2) is 7.11. The molecule has 0 aliphatic carbocycles. The Hall–Kier alpha value is -2.34. The topological polar surface area (TPSA) is 54.9 Å². The fraction of sp³-hybridized carbons (Fsp3) is 0.500. The molecule has 26 heavy (non-hydrogen) atoms. The molecular formula is C20H25N3O3. The second-order valence-corrected chi connectivity index (χ2v) is 7.05. The number of nitrogens with zero attached hydrogens (tertiary/aromatic N) is 3. The van der Waals surface area contributed by atoms with E-state index in [9.17, 15) is 4.79 Å². The van der Waals surface area contributed by atoms with Crippen LogP contribution in [0.2, 0.25) is 0 Å². The molecule has 138 valence electrons. The third-order valence-corrected chi connectivity index (χ3v) is 5.39. The number of hydrogen-bond acceptors (Lipinski definition) is 5. The molecule has 6 nitrogen and oxygen atoms in total. The molecule has 0 spiro atoms. The van der Waals surface area contributed by atoms with Gasteiger partial charge in [0.2, 0.25) is 5.91 Å². The molecule has 2 aromatic rings. The average Bonchev–Trinajstić information content (AvgIpc) is 3.17. The summed E-state index contributed by atoms with van der Waals surface area (Å²) in [6, 6.07) is 8.10. The van der Waals surface area contributed by atoms with Gasteiger partial charge in [-0.15, -0.1) is 0 Å². The van der Waals surface area contributed by atoms with E-state index in [-0.39, 0.29) is 11.8 Å². The van der Waals surface area contributed by atoms with E-state index in [1.54, 1.807) is 7.11 Å². The maximum Gasteiger partial charge on any atom is 0.227 e. The van der Waals surface area contributed by atoms with E-state index in [4.69, 9.17) is 14.5 Å². The van der Waals surface area contributed by atoms with Crippen LogP contribution in [0.25, 0.3) is 10.9 Å². The predicted octanol–water partition coefficient (Wildman–Crippen LogP) is 2.24. The van der Waals surface area contributed by atoms with Crippen molar-refractivity contribution < 1.29 is 14.3 Å². The maximum absolute atomic E-state index is 12.7. The first-order chi connectivity index (χ1) is 12.7. The van der Waals surface area contributed by atoms with Crippen LogP contribution >= 0.6 is 0 Å². The number of carbonyl (C=O) groups excluding carboxylic acids is 1. The van der Waals surface area contributed by atoms with Gasteiger partial charge in [0.05, 0.1) is 31.8 Å². The van der Waals surface area contributed by atoms with Gasteiger partial charge in [-0.1, -0.05) is 0 Å². The van der Waals surface area contributed by atoms with Gasteiger partial charge in [-0.2, -0.15) is 0 Å². The van der Waals surface area contributed by atoms with E-state index >= 15 is 0 Å². The smallest absolute Gasteiger partial charge is 0.227 e. The van der Waals surface area contributed by atoms with Gasteiger partial charge >= 0.3 is 0 Å². The Morgan fingerprint density at radius 2 is 2.04 bits per heavy atom. The summed E-state index contributed by atoms with van der Waals surface area (Å²) >= 11 is 0. The number of ether oxygens (including phenoxy) is 2. The Morgan fingerprint density at radius 1 is 1.23 bits per heavy atom. The first-order valence-electron chi connectivity index (χ1n) is 9.22. The van der Waals surface area contributed by atoms with Gasteiger partial charge in [-0.3, -0.25) is 4.79 Å². The molecule has 4 rings (SSSR count). The fourth-order valence-electron chi connectivity index (χ4n) is 3.87. The number of morpholine rings is 1. The zero-order valence-corrected chi connectivity index (χ0v) is 15.4. The molecule has 0 bridgehead atoms. The number of aromatic nitrogens is 1. The molecule has 1 amide bonds. The standard InChI is InChI=1S/C20H25N3O3/c1-14-11-19(21-18-12-16(25-2)3-4-17(14)18)23-6-5-15(13-23)20(24)22-7-9-26-10-8-22/h3-4,11-12,15H,5-10,13H2,1-2H3. The van der Waals surface area contributed by atoms with Crippen LogP contribution in [0.5, 0.6) is 5.75 Å². The molecule has 2 aliphatic rings. The van der Waals surface area contributed by atoms with Crippen molar-refractivity contribution in [2.75, 3.05) is 51.4 Å². The number of methoxy groups -OCH3 is 1. The van der Waals surface area contributed by atoms with Gasteiger partial charge in [0.1, 0.15) is 11.6 Å². The highest BCUT2D eigenvalue weighted by Gasteiger charge is 2.32. The lowest BCUT2D eigenvalue weighted by atomic mass is 10.1. The van der Waals surface area contributed by atoms with E-state index in [1.807, 2.05) is 17.0 Å². The predicted molar refractivity (Wildman–Crippen MR) is 101 cm³/mol. The highest BCUT2D eigenvalue weighted by Crippen LogP contribution is 2.29. The third kappa shape index (κ3) is 3.21. The van der Waals surface area contributed by atoms with E-state index in [2.05, 4.69) is 24.0 Å². The Bertz CT molecular complexity index is 817. The summed E-state index contributed by atoms with van der Waals surface area (Å²) in [6.45, 7) is 6.42. The van der Waals surface area contributed by atoms with Crippen LogP contribution in [0.1, 0.15) is 12.0 Å². The number of rotatable bonds is 3. The molecule has 1 unspecified atom stereocenters. The average molecular weight is 355 g/mol. The van der Waals surface area contributed by atoms with Gasteiger partial charge in [0.25, 0.3) is 0 Å². The number of aryl methyl sites for hydroxylation is 1. The fourth-order valence-corrected chi connectivity index (χ4v) is 3.87. The molecule has 0 saturated carbocycles. The Balaban J connectivity index is 1.53. The molecule has 0 N–H and O–H groups in total. The van der Waals surface area contributed by atoms with Crippen LogP contribution in [0.15, 0.2) is 24.3 Å². The van der Waals surface area contributed by atoms with E-state index < -0.39 is 0 Å². The minimum Gasteiger partial charge on any atom is -0.497 e. The molecule has 3 heterocycles. The van der Waals surface area contributed by atoms with Crippen LogP contribution in [-0.2, 0) is 9.53 Å². The van der Waals surface area contributed by atoms with Crippen molar-refractivity contribution in [3.63, 3.8) is 0 Å². The van der Waals surface area contributed by atoms with Crippen molar-refractivity contribution in [3.8, 4) is 5.75 Å². The molecule has 1 aromatic heterocycles. The summed E-state index contributed by atoms with van der Waals surface area (Å²) in [7, 11) is 1.67. The van der Waals surface area contributed by atoms with Gasteiger partial charge in [-0.25, -0.2) is 4.98 Å². The largest absolute Gasteiger partial charge is 0.497 e. The third-order valence-electron chi connectivity index (χ3n) is 5.39. The summed E-state index contributed by atoms with van der Waals surface area (Å²) in [4.78, 5) is 21.8. The number of pyridine rings is 1. The van der Waals surface area contributed by atoms with Crippen molar-refractivity contribution in [3.05, 3.63) is 29.8 Å². The number of hydrogen-bond donors (Lipinski definition) is 0. The molecule has 1 aromatic carbocycles. The number of benzene rings is 1. The monoisotopic (exact) mass is 355 g/mol. The SMILES string of the molecule is COc1ccc2c(C)cc(N3CCC(C(=O)N4CCOCC4)C3)nc2c1. The molecule has 1 atom stereocenters. The van der Waals surface area contributed by atoms with Crippen molar-refractivity contribution in [2.45, 2.75) is 13.3 Å². The second-order valence-electron chi connectivity index (χ2n) is 7.05. The van der Waals surface area contributed by atoms with E-state index in [0.717, 1.165) is 42.0 Å². The summed E-state index contributed by atoms with van der Waals surface area (Å²) in [5.74, 6) is 2.06. The van der Waals surface area contributed by atoms with Crippen molar-refractivity contribution in [1.82, 2.24) is 9.88 Å². The highest BCUT2D eigenvalue weighted by atomic mass is 16.5. The number of amides is 1. The molecule has 2 fully saturated rings. The minimum absolute atomic E-state index is 0.0520. The van der Waals surface area contributed by atoms with Crippen LogP contribution < -0.4 is 9.64 Å². The summed E-state index contributed by atoms with van der Waals surface area (Å²) in [5, 5.41) is 1.13. The molecule has 2 saturated heterocycles. The lowest BCUT2D eigenvalue weighted by Crippen LogP contribution is -2.44. The van der Waals surface area contributed by atoms with Crippen LogP contribution in [0, 0.1) is 12.8 Å². The Kier molecular flexibility index (Phi) is 4.68. The molecule has 6 heteroatoms. The van der Waals surface area contributed by atoms with Gasteiger partial charge in [0, 0.05) is 37.6 Å². The van der Waals surface area contributed by atoms with Crippen LogP contribution in [0.4, 0.5) is 5.82 Å². The summed E-state index contributed by atoms with van der Waals surface area (Å²) < 4.78 is 10.7. The Morgan fingerprint density at radius 3 is 2.81 bits per heavy atom. The van der Waals surface area contributed by atoms with E-state index in [0.29, 0.717) is 26.3 Å². The van der Waals surface area contributed by atoms with Crippen molar-refractivity contribution in [1.29, 1.82) is 0 Å². The Labute approximate surface area is 153 Å². The lowest BCUT2D eigenvalue weighted by molar-refractivity contribution is -0.138. The number of fused-ring (bicyclic) bond motifs is 1. The van der Waals surface area contributed by atoms with E-state index in [1.165, 1.54) is 5.56 Å². The van der Waals surface area contributed by atoms with Crippen molar-refractivity contribution >= 4 is 22.6 Å². The highest BCUT2D eigenvalue weighted by molar-refractivity contribution is 5.85. The number of anilines is 1. The zero-order valence-electron chi connectivity index (χ0n) is 15.4. The van der Waals surface area contributed by atoms with Crippen molar-refractivity contribution in [2.24, 2.45) is 5.92 Å². The zero-order chi connectivity index (χ0) is 18.1.